The summed E-state index contributed by atoms with van der Waals surface area (Å²) in [5, 5.41) is 0. The van der Waals surface area contributed by atoms with Crippen LogP contribution in [0, 0.1) is 6.92 Å². The third-order valence-electron chi connectivity index (χ3n) is 4.42. The number of amides is 1. The van der Waals surface area contributed by atoms with Crippen LogP contribution in [0.25, 0.3) is 0 Å². The Balaban J connectivity index is 1.45. The second-order valence-corrected chi connectivity index (χ2v) is 6.15. The van der Waals surface area contributed by atoms with Gasteiger partial charge in [-0.2, -0.15) is 0 Å². The molecule has 2 aromatic rings. The van der Waals surface area contributed by atoms with Crippen molar-refractivity contribution in [2.24, 2.45) is 0 Å². The highest BCUT2D eigenvalue weighted by atomic mass is 16.3. The number of piperazine rings is 1. The van der Waals surface area contributed by atoms with Gasteiger partial charge >= 0.3 is 0 Å². The average molecular weight is 326 g/mol. The van der Waals surface area contributed by atoms with Gasteiger partial charge in [0.25, 0.3) is 5.91 Å². The third kappa shape index (κ3) is 3.92. The van der Waals surface area contributed by atoms with E-state index in [2.05, 4.69) is 4.90 Å². The summed E-state index contributed by atoms with van der Waals surface area (Å²) < 4.78 is 5.16. The van der Waals surface area contributed by atoms with Gasteiger partial charge in [-0.25, -0.2) is 0 Å². The van der Waals surface area contributed by atoms with E-state index in [-0.39, 0.29) is 11.7 Å². The second-order valence-electron chi connectivity index (χ2n) is 6.15. The van der Waals surface area contributed by atoms with E-state index in [4.69, 9.17) is 4.42 Å². The second kappa shape index (κ2) is 7.45. The molecule has 1 fully saturated rings. The number of Topliss-reactive ketones (excluding diaryl/α,β-unsaturated/α-hetero) is 1. The molecule has 0 spiro atoms. The van der Waals surface area contributed by atoms with E-state index in [0.29, 0.717) is 25.3 Å². The number of nitrogens with zero attached hydrogens (tertiary/aromatic N) is 2. The van der Waals surface area contributed by atoms with Crippen molar-refractivity contribution >= 4 is 11.7 Å². The molecule has 1 aromatic heterocycles. The fraction of sp³-hybridized carbons (Fsp3) is 0.368. The van der Waals surface area contributed by atoms with Crippen LogP contribution in [-0.2, 0) is 0 Å². The van der Waals surface area contributed by atoms with Crippen molar-refractivity contribution in [3.8, 4) is 0 Å². The van der Waals surface area contributed by atoms with Crippen LogP contribution >= 0.6 is 0 Å². The van der Waals surface area contributed by atoms with Crippen LogP contribution in [0.2, 0.25) is 0 Å². The maximum atomic E-state index is 12.2. The fourth-order valence-corrected chi connectivity index (χ4v) is 2.87. The highest BCUT2D eigenvalue weighted by Gasteiger charge is 2.23. The molecule has 0 bridgehead atoms. The van der Waals surface area contributed by atoms with Gasteiger partial charge in [0.1, 0.15) is 0 Å². The highest BCUT2D eigenvalue weighted by molar-refractivity contribution is 5.96. The molecule has 24 heavy (non-hydrogen) atoms. The first-order valence-corrected chi connectivity index (χ1v) is 8.28. The number of rotatable bonds is 5. The van der Waals surface area contributed by atoms with E-state index in [0.717, 1.165) is 30.8 Å². The summed E-state index contributed by atoms with van der Waals surface area (Å²) in [5.74, 6) is 0.498. The summed E-state index contributed by atoms with van der Waals surface area (Å²) >= 11 is 0. The molecule has 1 aromatic carbocycles. The minimum atomic E-state index is -0.0598. The zero-order chi connectivity index (χ0) is 16.9. The Kier molecular flexibility index (Phi) is 5.11. The quantitative estimate of drug-likeness (QED) is 0.793. The summed E-state index contributed by atoms with van der Waals surface area (Å²) in [5.41, 5.74) is 1.93. The highest BCUT2D eigenvalue weighted by Crippen LogP contribution is 2.11. The van der Waals surface area contributed by atoms with Crippen LogP contribution in [-0.4, -0.2) is 54.2 Å². The summed E-state index contributed by atoms with van der Waals surface area (Å²) in [6.07, 6.45) is 2.02. The van der Waals surface area contributed by atoms with Crippen LogP contribution in [0.4, 0.5) is 0 Å². The van der Waals surface area contributed by atoms with E-state index in [9.17, 15) is 9.59 Å². The van der Waals surface area contributed by atoms with Gasteiger partial charge in [0.15, 0.2) is 11.5 Å². The van der Waals surface area contributed by atoms with E-state index in [1.54, 1.807) is 17.0 Å². The summed E-state index contributed by atoms with van der Waals surface area (Å²) in [7, 11) is 0. The molecule has 1 amide bonds. The first-order valence-electron chi connectivity index (χ1n) is 8.28. The molecular weight excluding hydrogens is 304 g/mol. The van der Waals surface area contributed by atoms with E-state index in [1.165, 1.54) is 6.26 Å². The number of furan rings is 1. The summed E-state index contributed by atoms with van der Waals surface area (Å²) in [4.78, 5) is 28.5. The molecule has 1 saturated heterocycles. The van der Waals surface area contributed by atoms with Crippen LogP contribution in [0.15, 0.2) is 47.1 Å². The van der Waals surface area contributed by atoms with Gasteiger partial charge in [0.2, 0.25) is 0 Å². The van der Waals surface area contributed by atoms with Crippen LogP contribution in [0.1, 0.15) is 32.9 Å². The molecule has 0 saturated carbocycles. The van der Waals surface area contributed by atoms with Crippen molar-refractivity contribution in [3.63, 3.8) is 0 Å². The van der Waals surface area contributed by atoms with Gasteiger partial charge < -0.3 is 9.32 Å². The number of benzene rings is 1. The fourth-order valence-electron chi connectivity index (χ4n) is 2.87. The number of hydrogen-bond donors (Lipinski definition) is 0. The molecule has 5 heteroatoms. The Morgan fingerprint density at radius 2 is 1.75 bits per heavy atom. The Hall–Kier alpha value is -2.40. The summed E-state index contributed by atoms with van der Waals surface area (Å²) in [6.45, 7) is 5.64. The maximum Gasteiger partial charge on any atom is 0.289 e. The first kappa shape index (κ1) is 16.5. The monoisotopic (exact) mass is 326 g/mol. The topological polar surface area (TPSA) is 53.8 Å². The van der Waals surface area contributed by atoms with Gasteiger partial charge in [0, 0.05) is 44.7 Å². The molecule has 0 unspecified atom stereocenters. The Morgan fingerprint density at radius 3 is 2.38 bits per heavy atom. The van der Waals surface area contributed by atoms with Crippen LogP contribution in [0.5, 0.6) is 0 Å². The average Bonchev–Trinajstić information content (AvgIpc) is 3.15. The Bertz CT molecular complexity index is 684. The lowest BCUT2D eigenvalue weighted by Crippen LogP contribution is -2.49. The van der Waals surface area contributed by atoms with Crippen molar-refractivity contribution in [2.45, 2.75) is 13.3 Å². The smallest absolute Gasteiger partial charge is 0.289 e. The van der Waals surface area contributed by atoms with Crippen molar-refractivity contribution in [3.05, 3.63) is 59.5 Å². The zero-order valence-corrected chi connectivity index (χ0v) is 13.9. The molecule has 0 atom stereocenters. The van der Waals surface area contributed by atoms with Crippen LogP contribution < -0.4 is 0 Å². The van der Waals surface area contributed by atoms with Gasteiger partial charge in [-0.05, 0) is 19.1 Å². The van der Waals surface area contributed by atoms with Crippen molar-refractivity contribution < 1.29 is 14.0 Å². The number of ketones is 1. The summed E-state index contributed by atoms with van der Waals surface area (Å²) in [6, 6.07) is 11.1. The number of aryl methyl sites for hydroxylation is 1. The Labute approximate surface area is 141 Å². The Morgan fingerprint density at radius 1 is 1.04 bits per heavy atom. The predicted octanol–water partition coefficient (Wildman–Crippen LogP) is 2.62. The number of carbonyl (C=O) groups is 2. The maximum absolute atomic E-state index is 12.2. The molecule has 0 N–H and O–H groups in total. The van der Waals surface area contributed by atoms with Crippen molar-refractivity contribution in [1.29, 1.82) is 0 Å². The molecular formula is C19H22N2O3. The SMILES string of the molecule is Cc1ccc(C(=O)CCN2CCN(C(=O)c3ccco3)CC2)cc1. The van der Waals surface area contributed by atoms with Crippen molar-refractivity contribution in [1.82, 2.24) is 9.80 Å². The van der Waals surface area contributed by atoms with Gasteiger partial charge in [-0.3, -0.25) is 14.5 Å². The minimum Gasteiger partial charge on any atom is -0.459 e. The van der Waals surface area contributed by atoms with Crippen LogP contribution in [0.3, 0.4) is 0 Å². The molecule has 0 aliphatic carbocycles. The molecule has 1 aliphatic heterocycles. The third-order valence-corrected chi connectivity index (χ3v) is 4.42. The molecule has 126 valence electrons. The molecule has 5 nitrogen and oxygen atoms in total. The zero-order valence-electron chi connectivity index (χ0n) is 13.9. The number of carbonyl (C=O) groups excluding carboxylic acids is 2. The van der Waals surface area contributed by atoms with E-state index in [1.807, 2.05) is 31.2 Å². The van der Waals surface area contributed by atoms with Gasteiger partial charge in [-0.1, -0.05) is 29.8 Å². The first-order chi connectivity index (χ1) is 11.6. The molecule has 2 heterocycles. The standard InChI is InChI=1S/C19H22N2O3/c1-15-4-6-16(7-5-15)17(22)8-9-20-10-12-21(13-11-20)19(23)18-3-2-14-24-18/h2-7,14H,8-13H2,1H3. The lowest BCUT2D eigenvalue weighted by Gasteiger charge is -2.34. The van der Waals surface area contributed by atoms with E-state index < -0.39 is 0 Å². The van der Waals surface area contributed by atoms with Crippen molar-refractivity contribution in [2.75, 3.05) is 32.7 Å². The largest absolute Gasteiger partial charge is 0.459 e. The lowest BCUT2D eigenvalue weighted by molar-refractivity contribution is 0.0599. The predicted molar refractivity (Wildman–Crippen MR) is 91.2 cm³/mol. The minimum absolute atomic E-state index is 0.0598. The van der Waals surface area contributed by atoms with E-state index >= 15 is 0 Å². The lowest BCUT2D eigenvalue weighted by atomic mass is 10.1. The normalized spacial score (nSPS) is 15.5. The van der Waals surface area contributed by atoms with Gasteiger partial charge in [0.05, 0.1) is 6.26 Å². The molecule has 1 aliphatic rings. The number of hydrogen-bond acceptors (Lipinski definition) is 4. The molecule has 0 radical (unpaired) electrons. The van der Waals surface area contributed by atoms with Gasteiger partial charge in [-0.15, -0.1) is 0 Å². The molecule has 3 rings (SSSR count).